The molecule has 312 valence electrons. The summed E-state index contributed by atoms with van der Waals surface area (Å²) in [6.45, 7) is 22.3. The predicted octanol–water partition coefficient (Wildman–Crippen LogP) is 11.9. The molecule has 4 fully saturated rings. The van der Waals surface area contributed by atoms with Gasteiger partial charge in [0.25, 0.3) is 0 Å². The summed E-state index contributed by atoms with van der Waals surface area (Å²) in [6.07, 6.45) is 34.7. The summed E-state index contributed by atoms with van der Waals surface area (Å²) < 4.78 is 10.3. The minimum absolute atomic E-state index is 0. The van der Waals surface area contributed by atoms with E-state index in [2.05, 4.69) is 12.2 Å². The molecule has 0 aliphatic heterocycles. The summed E-state index contributed by atoms with van der Waals surface area (Å²) in [4.78, 5) is 44.9. The first-order valence-electron chi connectivity index (χ1n) is 20.1. The van der Waals surface area contributed by atoms with Gasteiger partial charge in [0.2, 0.25) is 28.6 Å². The van der Waals surface area contributed by atoms with Crippen LogP contribution in [0.4, 0.5) is 0 Å². The SMILES string of the molecule is C1CCCC1.C1CCCC1.C1CCCC1.C1CCCC1.C[Si](C)(C)OC(=O)[C-]=C(C(=O)O)[Si](C)(C)C.C[Si](C)(C)OC(=O)[C-]=C(C(=O)O)[Si](C)(C)C.[Zr].[Zr]. The van der Waals surface area contributed by atoms with Crippen LogP contribution in [0.5, 0.6) is 0 Å². The zero-order chi connectivity index (χ0) is 40.4. The number of carbonyl (C=O) groups is 4. The Kier molecular flexibility index (Phi) is 37.0. The molecule has 0 spiro atoms. The van der Waals surface area contributed by atoms with Gasteiger partial charge in [-0.2, -0.15) is 12.2 Å². The summed E-state index contributed by atoms with van der Waals surface area (Å²) in [7, 11) is -8.10. The third-order valence-electron chi connectivity index (χ3n) is 8.18. The Morgan fingerprint density at radius 1 is 0.370 bits per heavy atom. The molecule has 0 aromatic heterocycles. The first-order valence-corrected chi connectivity index (χ1v) is 33.9. The number of carboxylic acids is 2. The molecule has 4 rings (SSSR count). The first kappa shape index (κ1) is 60.7. The smallest absolute Gasteiger partial charge is 0.244 e. The van der Waals surface area contributed by atoms with E-state index in [-0.39, 0.29) is 62.8 Å². The summed E-state index contributed by atoms with van der Waals surface area (Å²) in [5, 5.41) is 18.1. The molecule has 14 heteroatoms. The first-order chi connectivity index (χ1) is 23.9. The maximum absolute atomic E-state index is 11.5. The van der Waals surface area contributed by atoms with Crippen molar-refractivity contribution in [2.24, 2.45) is 0 Å². The van der Waals surface area contributed by atoms with Crippen LogP contribution in [0.25, 0.3) is 0 Å². The second-order valence-electron chi connectivity index (χ2n) is 18.2. The van der Waals surface area contributed by atoms with Gasteiger partial charge in [0.1, 0.15) is 0 Å². The van der Waals surface area contributed by atoms with Gasteiger partial charge < -0.3 is 28.7 Å². The molecular weight excluding hydrogens is 903 g/mol. The number of hydrogen-bond acceptors (Lipinski definition) is 6. The van der Waals surface area contributed by atoms with E-state index in [9.17, 15) is 19.2 Å². The molecule has 4 aliphatic rings. The Balaban J connectivity index is -0.000000299. The van der Waals surface area contributed by atoms with Crippen molar-refractivity contribution in [3.8, 4) is 0 Å². The van der Waals surface area contributed by atoms with E-state index in [1.165, 1.54) is 128 Å². The van der Waals surface area contributed by atoms with Gasteiger partial charge in [-0.15, -0.1) is 10.4 Å². The van der Waals surface area contributed by atoms with Crippen LogP contribution in [0, 0.1) is 12.2 Å². The van der Waals surface area contributed by atoms with Gasteiger partial charge in [-0.3, -0.25) is 9.59 Å². The minimum Gasteiger partial charge on any atom is -0.562 e. The molecule has 0 heterocycles. The Morgan fingerprint density at radius 2 is 0.519 bits per heavy atom. The Bertz CT molecular complexity index is 951. The van der Waals surface area contributed by atoms with Crippen molar-refractivity contribution in [1.82, 2.24) is 0 Å². The van der Waals surface area contributed by atoms with Crippen molar-refractivity contribution < 1.29 is 90.7 Å². The van der Waals surface area contributed by atoms with Crippen LogP contribution in [0.2, 0.25) is 78.6 Å². The van der Waals surface area contributed by atoms with Gasteiger partial charge >= 0.3 is 0 Å². The van der Waals surface area contributed by atoms with Crippen LogP contribution in [0.3, 0.4) is 0 Å². The van der Waals surface area contributed by atoms with Crippen LogP contribution in [-0.2, 0) is 80.4 Å². The second kappa shape index (κ2) is 32.9. The van der Waals surface area contributed by atoms with E-state index in [0.29, 0.717) is 0 Å². The fourth-order valence-electron chi connectivity index (χ4n) is 5.47. The molecule has 4 aliphatic carbocycles. The predicted molar refractivity (Wildman–Crippen MR) is 227 cm³/mol. The van der Waals surface area contributed by atoms with Crippen molar-refractivity contribution in [3.63, 3.8) is 0 Å². The third-order valence-corrected chi connectivity index (χ3v) is 13.5. The minimum atomic E-state index is -2.07. The van der Waals surface area contributed by atoms with E-state index in [1.807, 2.05) is 78.6 Å². The van der Waals surface area contributed by atoms with Crippen molar-refractivity contribution in [3.05, 3.63) is 22.5 Å². The average molecular weight is 982 g/mol. The van der Waals surface area contributed by atoms with E-state index in [1.54, 1.807) is 0 Å². The van der Waals surface area contributed by atoms with Gasteiger partial charge in [0.15, 0.2) is 11.9 Å². The number of aliphatic carboxylic acids is 2. The van der Waals surface area contributed by atoms with Crippen LogP contribution in [0.1, 0.15) is 128 Å². The molecule has 0 radical (unpaired) electrons. The van der Waals surface area contributed by atoms with E-state index >= 15 is 0 Å². The fraction of sp³-hybridized carbons (Fsp3) is 0.800. The third kappa shape index (κ3) is 40.2. The summed E-state index contributed by atoms with van der Waals surface area (Å²) in [5.41, 5.74) is 0. The second-order valence-corrected chi connectivity index (χ2v) is 37.0. The zero-order valence-corrected chi connectivity index (χ0v) is 45.4. The standard InChI is InChI=1S/2C10H19O4Si2.4C5H10.2Zr/c2*1-15(2,3)8(10(12)13)7-9(11)14-16(4,5)6;4*1-2-4-5-3-1;;/h2*1-6H3,(H,12,13);4*1-5H2;;/q2*-1;;;;;;. The Morgan fingerprint density at radius 3 is 0.611 bits per heavy atom. The van der Waals surface area contributed by atoms with E-state index < -0.39 is 56.7 Å². The molecule has 0 aromatic rings. The maximum Gasteiger partial charge on any atom is 0.244 e. The molecule has 0 bridgehead atoms. The number of carbonyl (C=O) groups excluding carboxylic acids is 2. The molecule has 0 saturated heterocycles. The molecule has 54 heavy (non-hydrogen) atoms. The van der Waals surface area contributed by atoms with Crippen molar-refractivity contribution in [2.45, 2.75) is 207 Å². The van der Waals surface area contributed by atoms with Gasteiger partial charge in [-0.1, -0.05) is 168 Å². The molecule has 0 aromatic carbocycles. The van der Waals surface area contributed by atoms with Crippen LogP contribution in [-0.4, -0.2) is 66.9 Å². The molecule has 0 amide bonds. The van der Waals surface area contributed by atoms with Crippen molar-refractivity contribution in [2.75, 3.05) is 0 Å². The van der Waals surface area contributed by atoms with Gasteiger partial charge in [0.05, 0.1) is 0 Å². The number of carboxylic acid groups (broad SMARTS) is 2. The van der Waals surface area contributed by atoms with Gasteiger partial charge in [-0.25, -0.2) is 0 Å². The number of hydrogen-bond donors (Lipinski definition) is 2. The van der Waals surface area contributed by atoms with Crippen LogP contribution < -0.4 is 0 Å². The normalized spacial score (nSPS) is 16.9. The maximum atomic E-state index is 11.5. The molecule has 4 saturated carbocycles. The summed E-state index contributed by atoms with van der Waals surface area (Å²) in [6, 6.07) is 0. The molecule has 2 N–H and O–H groups in total. The quantitative estimate of drug-likeness (QED) is 0.140. The Labute approximate surface area is 373 Å². The number of rotatable bonds is 8. The van der Waals surface area contributed by atoms with Crippen LogP contribution >= 0.6 is 0 Å². The Hall–Kier alpha value is -0.00623. The molecule has 0 atom stereocenters. The molecule has 8 nitrogen and oxygen atoms in total. The van der Waals surface area contributed by atoms with E-state index in [4.69, 9.17) is 19.1 Å². The van der Waals surface area contributed by atoms with Gasteiger partial charge in [0, 0.05) is 68.6 Å². The van der Waals surface area contributed by atoms with Gasteiger partial charge in [-0.05, 0) is 39.3 Å². The largest absolute Gasteiger partial charge is 0.562 e. The zero-order valence-electron chi connectivity index (χ0n) is 36.5. The average Bonchev–Trinajstić information content (AvgIpc) is 3.84. The summed E-state index contributed by atoms with van der Waals surface area (Å²) >= 11 is 0. The topological polar surface area (TPSA) is 127 Å². The monoisotopic (exact) mass is 978 g/mol. The van der Waals surface area contributed by atoms with E-state index in [0.717, 1.165) is 0 Å². The summed E-state index contributed by atoms with van der Waals surface area (Å²) in [5.74, 6) is -3.46. The van der Waals surface area contributed by atoms with Crippen LogP contribution in [0.15, 0.2) is 10.4 Å². The fourth-order valence-corrected chi connectivity index (χ4v) is 8.92. The molecule has 0 unspecified atom stereocenters. The van der Waals surface area contributed by atoms with Crippen molar-refractivity contribution in [1.29, 1.82) is 0 Å². The van der Waals surface area contributed by atoms with Crippen molar-refractivity contribution >= 4 is 56.7 Å². The molecular formula is C40H78O8Si4Zr2-2.